The van der Waals surface area contributed by atoms with Gasteiger partial charge in [0.25, 0.3) is 0 Å². The second kappa shape index (κ2) is 6.02. The van der Waals surface area contributed by atoms with Crippen molar-refractivity contribution in [1.82, 2.24) is 4.90 Å². The Balaban J connectivity index is 2.25. The van der Waals surface area contributed by atoms with Gasteiger partial charge in [0.15, 0.2) is 0 Å². The molecule has 19 heavy (non-hydrogen) atoms. The number of aryl methyl sites for hydroxylation is 1. The molecule has 1 atom stereocenters. The third-order valence-corrected chi connectivity index (χ3v) is 3.50. The van der Waals surface area contributed by atoms with Crippen molar-refractivity contribution in [3.05, 3.63) is 35.4 Å². The number of amides is 1. The second-order valence-corrected chi connectivity index (χ2v) is 4.65. The lowest BCUT2D eigenvalue weighted by Gasteiger charge is -2.28. The fourth-order valence-corrected chi connectivity index (χ4v) is 2.61. The van der Waals surface area contributed by atoms with E-state index in [2.05, 4.69) is 0 Å². The minimum Gasteiger partial charge on any atom is -0.316 e. The van der Waals surface area contributed by atoms with Crippen LogP contribution in [0.25, 0.3) is 0 Å². The highest BCUT2D eigenvalue weighted by atomic mass is 16.2. The SMILES string of the molecule is N#CCN(CC#N)C(=O)[C@H]1CCCc2ccccc21. The van der Waals surface area contributed by atoms with Crippen molar-refractivity contribution in [2.75, 3.05) is 13.1 Å². The van der Waals surface area contributed by atoms with E-state index in [1.807, 2.05) is 36.4 Å². The molecule has 2 rings (SSSR count). The fourth-order valence-electron chi connectivity index (χ4n) is 2.61. The van der Waals surface area contributed by atoms with Gasteiger partial charge in [0.2, 0.25) is 5.91 Å². The lowest BCUT2D eigenvalue weighted by Crippen LogP contribution is -2.37. The summed E-state index contributed by atoms with van der Waals surface area (Å²) in [5, 5.41) is 17.5. The van der Waals surface area contributed by atoms with E-state index < -0.39 is 0 Å². The van der Waals surface area contributed by atoms with Crippen LogP contribution in [0.2, 0.25) is 0 Å². The Labute approximate surface area is 112 Å². The first kappa shape index (κ1) is 13.1. The van der Waals surface area contributed by atoms with Crippen LogP contribution in [0, 0.1) is 22.7 Å². The molecule has 0 saturated heterocycles. The summed E-state index contributed by atoms with van der Waals surface area (Å²) in [6, 6.07) is 11.8. The molecule has 0 bridgehead atoms. The van der Waals surface area contributed by atoms with E-state index in [0.717, 1.165) is 24.8 Å². The average Bonchev–Trinajstić information content (AvgIpc) is 2.46. The van der Waals surface area contributed by atoms with E-state index in [9.17, 15) is 4.79 Å². The number of benzene rings is 1. The molecule has 1 aromatic carbocycles. The molecule has 0 spiro atoms. The van der Waals surface area contributed by atoms with Gasteiger partial charge in [-0.25, -0.2) is 0 Å². The zero-order valence-electron chi connectivity index (χ0n) is 10.7. The summed E-state index contributed by atoms with van der Waals surface area (Å²) in [5.74, 6) is -0.304. The van der Waals surface area contributed by atoms with Crippen molar-refractivity contribution in [1.29, 1.82) is 10.5 Å². The van der Waals surface area contributed by atoms with E-state index in [1.54, 1.807) is 0 Å². The summed E-state index contributed by atoms with van der Waals surface area (Å²) in [6.07, 6.45) is 2.76. The van der Waals surface area contributed by atoms with E-state index in [-0.39, 0.29) is 24.9 Å². The zero-order chi connectivity index (χ0) is 13.7. The molecular weight excluding hydrogens is 238 g/mol. The van der Waals surface area contributed by atoms with Crippen molar-refractivity contribution in [2.24, 2.45) is 0 Å². The molecule has 0 aliphatic heterocycles. The van der Waals surface area contributed by atoms with Crippen LogP contribution in [0.3, 0.4) is 0 Å². The Kier molecular flexibility index (Phi) is 4.15. The first-order valence-corrected chi connectivity index (χ1v) is 6.38. The fraction of sp³-hybridized carbons (Fsp3) is 0.400. The molecule has 1 amide bonds. The number of hydrogen-bond donors (Lipinski definition) is 0. The first-order valence-electron chi connectivity index (χ1n) is 6.38. The third kappa shape index (κ3) is 2.74. The molecule has 1 aromatic rings. The maximum atomic E-state index is 12.5. The van der Waals surface area contributed by atoms with Gasteiger partial charge in [0.05, 0.1) is 18.1 Å². The summed E-state index contributed by atoms with van der Waals surface area (Å²) < 4.78 is 0. The molecule has 0 radical (unpaired) electrons. The second-order valence-electron chi connectivity index (χ2n) is 4.65. The Morgan fingerprint density at radius 2 is 1.95 bits per heavy atom. The predicted molar refractivity (Wildman–Crippen MR) is 69.9 cm³/mol. The third-order valence-electron chi connectivity index (χ3n) is 3.50. The Morgan fingerprint density at radius 3 is 2.63 bits per heavy atom. The van der Waals surface area contributed by atoms with Crippen LogP contribution in [-0.2, 0) is 11.2 Å². The molecular formula is C15H15N3O. The highest BCUT2D eigenvalue weighted by Gasteiger charge is 2.29. The summed E-state index contributed by atoms with van der Waals surface area (Å²) in [6.45, 7) is -0.0455. The van der Waals surface area contributed by atoms with E-state index in [1.165, 1.54) is 10.5 Å². The largest absolute Gasteiger partial charge is 0.316 e. The van der Waals surface area contributed by atoms with Crippen LogP contribution in [0.15, 0.2) is 24.3 Å². The van der Waals surface area contributed by atoms with Crippen LogP contribution in [0.1, 0.15) is 29.9 Å². The number of nitriles is 2. The maximum Gasteiger partial charge on any atom is 0.231 e. The molecule has 1 aliphatic carbocycles. The quantitative estimate of drug-likeness (QED) is 0.773. The van der Waals surface area contributed by atoms with Crippen LogP contribution in [0.5, 0.6) is 0 Å². The van der Waals surface area contributed by atoms with Crippen molar-refractivity contribution in [3.63, 3.8) is 0 Å². The van der Waals surface area contributed by atoms with Crippen LogP contribution < -0.4 is 0 Å². The van der Waals surface area contributed by atoms with Crippen molar-refractivity contribution in [2.45, 2.75) is 25.2 Å². The monoisotopic (exact) mass is 253 g/mol. The van der Waals surface area contributed by atoms with Gasteiger partial charge in [0.1, 0.15) is 13.1 Å². The van der Waals surface area contributed by atoms with E-state index in [0.29, 0.717) is 0 Å². The molecule has 0 fully saturated rings. The molecule has 1 aliphatic rings. The number of rotatable bonds is 3. The van der Waals surface area contributed by atoms with Gasteiger partial charge < -0.3 is 4.90 Å². The Morgan fingerprint density at radius 1 is 1.26 bits per heavy atom. The summed E-state index contributed by atoms with van der Waals surface area (Å²) in [7, 11) is 0. The number of carbonyl (C=O) groups is 1. The topological polar surface area (TPSA) is 67.9 Å². The minimum atomic E-state index is -0.202. The number of fused-ring (bicyclic) bond motifs is 1. The van der Waals surface area contributed by atoms with Gasteiger partial charge >= 0.3 is 0 Å². The molecule has 0 heterocycles. The van der Waals surface area contributed by atoms with Gasteiger partial charge in [-0.1, -0.05) is 24.3 Å². The zero-order valence-corrected chi connectivity index (χ0v) is 10.7. The van der Waals surface area contributed by atoms with Crippen molar-refractivity contribution in [3.8, 4) is 12.1 Å². The molecule has 0 unspecified atom stereocenters. The van der Waals surface area contributed by atoms with Gasteiger partial charge in [-0.3, -0.25) is 4.79 Å². The van der Waals surface area contributed by atoms with Gasteiger partial charge in [-0.05, 0) is 30.4 Å². The summed E-state index contributed by atoms with van der Waals surface area (Å²) in [4.78, 5) is 13.8. The Hall–Kier alpha value is -2.33. The number of hydrogen-bond acceptors (Lipinski definition) is 3. The molecule has 0 aromatic heterocycles. The average molecular weight is 253 g/mol. The lowest BCUT2D eigenvalue weighted by atomic mass is 9.82. The van der Waals surface area contributed by atoms with Gasteiger partial charge in [0, 0.05) is 0 Å². The number of carbonyl (C=O) groups excluding carboxylic acids is 1. The van der Waals surface area contributed by atoms with Gasteiger partial charge in [-0.15, -0.1) is 0 Å². The first-order chi connectivity index (χ1) is 9.27. The summed E-state index contributed by atoms with van der Waals surface area (Å²) >= 11 is 0. The lowest BCUT2D eigenvalue weighted by molar-refractivity contribution is -0.132. The normalized spacial score (nSPS) is 16.8. The molecule has 0 saturated carbocycles. The molecule has 96 valence electrons. The van der Waals surface area contributed by atoms with E-state index in [4.69, 9.17) is 10.5 Å². The van der Waals surface area contributed by atoms with Crippen LogP contribution in [-0.4, -0.2) is 23.9 Å². The maximum absolute atomic E-state index is 12.5. The highest BCUT2D eigenvalue weighted by Crippen LogP contribution is 2.32. The molecule has 4 nitrogen and oxygen atoms in total. The number of nitrogens with zero attached hydrogens (tertiary/aromatic N) is 3. The standard InChI is InChI=1S/C15H15N3O/c16-8-10-18(11-9-17)15(19)14-7-3-5-12-4-1-2-6-13(12)14/h1-2,4,6,14H,3,5,7,10-11H2/t14-/m0/s1. The van der Waals surface area contributed by atoms with E-state index >= 15 is 0 Å². The minimum absolute atomic E-state index is 0.0228. The smallest absolute Gasteiger partial charge is 0.231 e. The van der Waals surface area contributed by atoms with Crippen LogP contribution in [0.4, 0.5) is 0 Å². The summed E-state index contributed by atoms with van der Waals surface area (Å²) in [5.41, 5.74) is 2.26. The van der Waals surface area contributed by atoms with Crippen molar-refractivity contribution < 1.29 is 4.79 Å². The molecule has 4 heteroatoms. The van der Waals surface area contributed by atoms with Crippen molar-refractivity contribution >= 4 is 5.91 Å². The Bertz CT molecular complexity index is 537. The predicted octanol–water partition coefficient (Wildman–Crippen LogP) is 1.98. The van der Waals surface area contributed by atoms with Gasteiger partial charge in [-0.2, -0.15) is 10.5 Å². The molecule has 0 N–H and O–H groups in total. The van der Waals surface area contributed by atoms with Crippen LogP contribution >= 0.6 is 0 Å². The highest BCUT2D eigenvalue weighted by molar-refractivity contribution is 5.84.